The van der Waals surface area contributed by atoms with Gasteiger partial charge in [0.2, 0.25) is 0 Å². The summed E-state index contributed by atoms with van der Waals surface area (Å²) in [4.78, 5) is 11.2. The quantitative estimate of drug-likeness (QED) is 0.562. The lowest BCUT2D eigenvalue weighted by molar-refractivity contribution is -0.146. The standard InChI is InChI=1S/C14H21NO3/c1-2-18-14(16)13(15)11-17-10-6-9-12-7-4-3-5-8-12/h3-5,7-8,13H,2,6,9-11,15H2,1H3/t13-/m0/s1. The highest BCUT2D eigenvalue weighted by Gasteiger charge is 2.13. The van der Waals surface area contributed by atoms with Crippen LogP contribution in [0.25, 0.3) is 0 Å². The van der Waals surface area contributed by atoms with E-state index in [1.54, 1.807) is 6.92 Å². The zero-order chi connectivity index (χ0) is 13.2. The highest BCUT2D eigenvalue weighted by atomic mass is 16.5. The Morgan fingerprint density at radius 1 is 1.33 bits per heavy atom. The van der Waals surface area contributed by atoms with Crippen LogP contribution in [0.2, 0.25) is 0 Å². The van der Waals surface area contributed by atoms with Gasteiger partial charge in [-0.2, -0.15) is 0 Å². The minimum Gasteiger partial charge on any atom is -0.465 e. The first-order valence-electron chi connectivity index (χ1n) is 6.28. The molecular weight excluding hydrogens is 230 g/mol. The molecule has 0 saturated carbocycles. The first-order valence-corrected chi connectivity index (χ1v) is 6.28. The van der Waals surface area contributed by atoms with Crippen molar-refractivity contribution in [2.45, 2.75) is 25.8 Å². The molecule has 1 aromatic carbocycles. The maximum atomic E-state index is 11.2. The van der Waals surface area contributed by atoms with Crippen LogP contribution in [0.4, 0.5) is 0 Å². The highest BCUT2D eigenvalue weighted by molar-refractivity contribution is 5.75. The van der Waals surface area contributed by atoms with Crippen LogP contribution in [-0.4, -0.2) is 31.8 Å². The van der Waals surface area contributed by atoms with Crippen molar-refractivity contribution in [1.29, 1.82) is 0 Å². The minimum absolute atomic E-state index is 0.216. The summed E-state index contributed by atoms with van der Waals surface area (Å²) in [7, 11) is 0. The number of rotatable bonds is 8. The van der Waals surface area contributed by atoms with Gasteiger partial charge in [-0.15, -0.1) is 0 Å². The first-order chi connectivity index (χ1) is 8.74. The third-order valence-corrected chi connectivity index (χ3v) is 2.48. The van der Waals surface area contributed by atoms with Gasteiger partial charge in [-0.3, -0.25) is 4.79 Å². The van der Waals surface area contributed by atoms with Crippen LogP contribution >= 0.6 is 0 Å². The second kappa shape index (κ2) is 8.66. The Labute approximate surface area is 108 Å². The molecule has 4 heteroatoms. The predicted molar refractivity (Wildman–Crippen MR) is 70.2 cm³/mol. The number of hydrogen-bond acceptors (Lipinski definition) is 4. The van der Waals surface area contributed by atoms with Gasteiger partial charge in [0.1, 0.15) is 6.04 Å². The average Bonchev–Trinajstić information content (AvgIpc) is 2.39. The Hall–Kier alpha value is -1.39. The van der Waals surface area contributed by atoms with Gasteiger partial charge in [0.05, 0.1) is 13.2 Å². The second-order valence-electron chi connectivity index (χ2n) is 4.02. The molecule has 0 saturated heterocycles. The summed E-state index contributed by atoms with van der Waals surface area (Å²) < 4.78 is 10.1. The van der Waals surface area contributed by atoms with E-state index in [0.29, 0.717) is 13.2 Å². The molecule has 0 radical (unpaired) electrons. The Morgan fingerprint density at radius 2 is 2.06 bits per heavy atom. The number of aryl methyl sites for hydroxylation is 1. The van der Waals surface area contributed by atoms with E-state index in [1.165, 1.54) is 5.56 Å². The van der Waals surface area contributed by atoms with Gasteiger partial charge < -0.3 is 15.2 Å². The number of carbonyl (C=O) groups is 1. The average molecular weight is 251 g/mol. The molecule has 0 fully saturated rings. The Kier molecular flexibility index (Phi) is 7.06. The summed E-state index contributed by atoms with van der Waals surface area (Å²) in [6, 6.07) is 9.54. The predicted octanol–water partition coefficient (Wildman–Crippen LogP) is 1.53. The largest absolute Gasteiger partial charge is 0.465 e. The zero-order valence-electron chi connectivity index (χ0n) is 10.8. The normalized spacial score (nSPS) is 12.1. The number of esters is 1. The molecule has 4 nitrogen and oxygen atoms in total. The fourth-order valence-electron chi connectivity index (χ4n) is 1.55. The summed E-state index contributed by atoms with van der Waals surface area (Å²) in [5.74, 6) is -0.402. The van der Waals surface area contributed by atoms with Gasteiger partial charge in [-0.1, -0.05) is 30.3 Å². The van der Waals surface area contributed by atoms with Crippen LogP contribution in [-0.2, 0) is 20.7 Å². The lowest BCUT2D eigenvalue weighted by atomic mass is 10.1. The molecule has 0 amide bonds. The third-order valence-electron chi connectivity index (χ3n) is 2.48. The lowest BCUT2D eigenvalue weighted by Gasteiger charge is -2.10. The number of carbonyl (C=O) groups excluding carboxylic acids is 1. The summed E-state index contributed by atoms with van der Waals surface area (Å²) in [5.41, 5.74) is 6.88. The third kappa shape index (κ3) is 5.80. The molecule has 0 aliphatic rings. The van der Waals surface area contributed by atoms with Crippen molar-refractivity contribution in [2.24, 2.45) is 5.73 Å². The maximum absolute atomic E-state index is 11.2. The van der Waals surface area contributed by atoms with Crippen LogP contribution in [0.1, 0.15) is 18.9 Å². The maximum Gasteiger partial charge on any atom is 0.325 e. The lowest BCUT2D eigenvalue weighted by Crippen LogP contribution is -2.36. The van der Waals surface area contributed by atoms with Crippen molar-refractivity contribution < 1.29 is 14.3 Å². The topological polar surface area (TPSA) is 61.5 Å². The van der Waals surface area contributed by atoms with E-state index in [4.69, 9.17) is 15.2 Å². The van der Waals surface area contributed by atoms with E-state index in [0.717, 1.165) is 12.8 Å². The minimum atomic E-state index is -0.679. The smallest absolute Gasteiger partial charge is 0.325 e. The second-order valence-corrected chi connectivity index (χ2v) is 4.02. The monoisotopic (exact) mass is 251 g/mol. The number of hydrogen-bond donors (Lipinski definition) is 1. The summed E-state index contributed by atoms with van der Waals surface area (Å²) in [6.45, 7) is 2.92. The van der Waals surface area contributed by atoms with E-state index in [9.17, 15) is 4.79 Å². The van der Waals surface area contributed by atoms with Crippen LogP contribution in [0.3, 0.4) is 0 Å². The molecule has 1 rings (SSSR count). The van der Waals surface area contributed by atoms with Crippen LogP contribution in [0, 0.1) is 0 Å². The van der Waals surface area contributed by atoms with Gasteiger partial charge in [0, 0.05) is 6.61 Å². The Bertz CT molecular complexity index is 340. The van der Waals surface area contributed by atoms with Crippen molar-refractivity contribution in [1.82, 2.24) is 0 Å². The fourth-order valence-corrected chi connectivity index (χ4v) is 1.55. The van der Waals surface area contributed by atoms with E-state index >= 15 is 0 Å². The number of ether oxygens (including phenoxy) is 2. The first kappa shape index (κ1) is 14.7. The van der Waals surface area contributed by atoms with Gasteiger partial charge in [-0.05, 0) is 25.3 Å². The molecule has 0 spiro atoms. The molecule has 1 aromatic rings. The van der Waals surface area contributed by atoms with Crippen molar-refractivity contribution in [2.75, 3.05) is 19.8 Å². The zero-order valence-corrected chi connectivity index (χ0v) is 10.8. The summed E-state index contributed by atoms with van der Waals surface area (Å²) in [5, 5.41) is 0. The van der Waals surface area contributed by atoms with Gasteiger partial charge in [0.25, 0.3) is 0 Å². The van der Waals surface area contributed by atoms with E-state index in [1.807, 2.05) is 18.2 Å². The summed E-state index contributed by atoms with van der Waals surface area (Å²) in [6.07, 6.45) is 1.88. The molecule has 100 valence electrons. The Balaban J connectivity index is 2.07. The van der Waals surface area contributed by atoms with Crippen molar-refractivity contribution in [3.63, 3.8) is 0 Å². The SMILES string of the molecule is CCOC(=O)[C@@H](N)COCCCc1ccccc1. The molecule has 1 atom stereocenters. The van der Waals surface area contributed by atoms with Crippen LogP contribution < -0.4 is 5.73 Å². The van der Waals surface area contributed by atoms with Crippen molar-refractivity contribution in [3.05, 3.63) is 35.9 Å². The van der Waals surface area contributed by atoms with Crippen molar-refractivity contribution in [3.8, 4) is 0 Å². The van der Waals surface area contributed by atoms with Gasteiger partial charge >= 0.3 is 5.97 Å². The molecule has 0 unspecified atom stereocenters. The number of benzene rings is 1. The molecule has 0 bridgehead atoms. The van der Waals surface area contributed by atoms with E-state index < -0.39 is 12.0 Å². The molecule has 0 aliphatic heterocycles. The Morgan fingerprint density at radius 3 is 2.72 bits per heavy atom. The molecule has 0 aliphatic carbocycles. The van der Waals surface area contributed by atoms with E-state index in [2.05, 4.69) is 12.1 Å². The van der Waals surface area contributed by atoms with E-state index in [-0.39, 0.29) is 6.61 Å². The molecule has 0 aromatic heterocycles. The molecule has 2 N–H and O–H groups in total. The highest BCUT2D eigenvalue weighted by Crippen LogP contribution is 2.02. The van der Waals surface area contributed by atoms with Gasteiger partial charge in [-0.25, -0.2) is 0 Å². The molecule has 18 heavy (non-hydrogen) atoms. The molecule has 0 heterocycles. The fraction of sp³-hybridized carbons (Fsp3) is 0.500. The van der Waals surface area contributed by atoms with Crippen molar-refractivity contribution >= 4 is 5.97 Å². The van der Waals surface area contributed by atoms with Crippen LogP contribution in [0.5, 0.6) is 0 Å². The number of nitrogens with two attached hydrogens (primary N) is 1. The van der Waals surface area contributed by atoms with Crippen LogP contribution in [0.15, 0.2) is 30.3 Å². The van der Waals surface area contributed by atoms with Gasteiger partial charge in [0.15, 0.2) is 0 Å². The molecular formula is C14H21NO3. The summed E-state index contributed by atoms with van der Waals surface area (Å²) >= 11 is 0.